The van der Waals surface area contributed by atoms with Gasteiger partial charge in [-0.3, -0.25) is 0 Å². The number of benzene rings is 1. The van der Waals surface area contributed by atoms with Gasteiger partial charge in [0.2, 0.25) is 0 Å². The van der Waals surface area contributed by atoms with Crippen LogP contribution in [0.5, 0.6) is 0 Å². The molecule has 3 aromatic rings. The third kappa shape index (κ3) is 4.08. The number of anilines is 3. The average Bonchev–Trinajstić information content (AvgIpc) is 3.00. The zero-order valence-corrected chi connectivity index (χ0v) is 13.6. The highest BCUT2D eigenvalue weighted by Gasteiger charge is 2.09. The van der Waals surface area contributed by atoms with Crippen molar-refractivity contribution in [3.8, 4) is 11.4 Å². The minimum Gasteiger partial charge on any atom is -0.383 e. The Labute approximate surface area is 140 Å². The zero-order chi connectivity index (χ0) is 16.8. The van der Waals surface area contributed by atoms with Crippen LogP contribution < -0.4 is 10.6 Å². The molecule has 7 heteroatoms. The predicted molar refractivity (Wildman–Crippen MR) is 92.4 cm³/mol. The first-order valence-electron chi connectivity index (χ1n) is 7.62. The first kappa shape index (κ1) is 15.9. The van der Waals surface area contributed by atoms with E-state index in [1.807, 2.05) is 49.4 Å². The van der Waals surface area contributed by atoms with Crippen LogP contribution in [0.2, 0.25) is 0 Å². The quantitative estimate of drug-likeness (QED) is 0.645. The van der Waals surface area contributed by atoms with Gasteiger partial charge in [0.25, 0.3) is 0 Å². The van der Waals surface area contributed by atoms with Gasteiger partial charge in [0.15, 0.2) is 11.6 Å². The highest BCUT2D eigenvalue weighted by molar-refractivity contribution is 5.63. The van der Waals surface area contributed by atoms with Crippen LogP contribution in [0.1, 0.15) is 5.76 Å². The second-order valence-electron chi connectivity index (χ2n) is 5.20. The summed E-state index contributed by atoms with van der Waals surface area (Å²) in [5, 5.41) is 10.3. The second-order valence-corrected chi connectivity index (χ2v) is 5.20. The monoisotopic (exact) mass is 325 g/mol. The van der Waals surface area contributed by atoms with E-state index in [1.165, 1.54) is 0 Å². The first-order chi connectivity index (χ1) is 11.7. The molecule has 124 valence electrons. The Kier molecular flexibility index (Phi) is 5.02. The lowest BCUT2D eigenvalue weighted by molar-refractivity contribution is 0.210. The molecule has 2 N–H and O–H groups in total. The zero-order valence-electron chi connectivity index (χ0n) is 13.6. The number of rotatable bonds is 7. The minimum atomic E-state index is 0.593. The Bertz CT molecular complexity index is 789. The summed E-state index contributed by atoms with van der Waals surface area (Å²) in [4.78, 5) is 9.12. The number of nitrogens with zero attached hydrogens (tertiary/aromatic N) is 3. The molecule has 0 aliphatic rings. The van der Waals surface area contributed by atoms with Crippen molar-refractivity contribution in [3.63, 3.8) is 0 Å². The minimum absolute atomic E-state index is 0.593. The molecule has 0 bridgehead atoms. The topological polar surface area (TPSA) is 85.1 Å². The summed E-state index contributed by atoms with van der Waals surface area (Å²) >= 11 is 0. The van der Waals surface area contributed by atoms with Gasteiger partial charge in [0, 0.05) is 31.4 Å². The summed E-state index contributed by atoms with van der Waals surface area (Å²) in [6, 6.07) is 13.4. The van der Waals surface area contributed by atoms with E-state index < -0.39 is 0 Å². The smallest absolute Gasteiger partial charge is 0.175 e. The molecule has 1 aromatic carbocycles. The largest absolute Gasteiger partial charge is 0.383 e. The standard InChI is InChI=1S/C17H19N5O2/c1-12-10-16(22-24-12)19-15-11-14(18-8-9-23-2)20-17(21-15)13-6-4-3-5-7-13/h3-7,10-11H,8-9H2,1-2H3,(H2,18,19,20,21,22). The Morgan fingerprint density at radius 2 is 1.83 bits per heavy atom. The van der Waals surface area contributed by atoms with Gasteiger partial charge in [0.05, 0.1) is 6.61 Å². The summed E-state index contributed by atoms with van der Waals surface area (Å²) in [5.41, 5.74) is 0.937. The maximum Gasteiger partial charge on any atom is 0.175 e. The summed E-state index contributed by atoms with van der Waals surface area (Å²) in [6.45, 7) is 3.09. The van der Waals surface area contributed by atoms with Crippen molar-refractivity contribution >= 4 is 17.5 Å². The van der Waals surface area contributed by atoms with Crippen molar-refractivity contribution in [1.29, 1.82) is 0 Å². The normalized spacial score (nSPS) is 10.6. The van der Waals surface area contributed by atoms with Crippen LogP contribution in [0.4, 0.5) is 17.5 Å². The molecular weight excluding hydrogens is 306 g/mol. The highest BCUT2D eigenvalue weighted by Crippen LogP contribution is 2.22. The molecule has 0 amide bonds. The van der Waals surface area contributed by atoms with E-state index in [2.05, 4.69) is 25.8 Å². The van der Waals surface area contributed by atoms with E-state index >= 15 is 0 Å². The van der Waals surface area contributed by atoms with Crippen molar-refractivity contribution in [2.45, 2.75) is 6.92 Å². The molecule has 0 spiro atoms. The lowest BCUT2D eigenvalue weighted by atomic mass is 10.2. The van der Waals surface area contributed by atoms with Gasteiger partial charge in [-0.1, -0.05) is 35.5 Å². The molecule has 3 rings (SSSR count). The Balaban J connectivity index is 1.90. The van der Waals surface area contributed by atoms with Crippen molar-refractivity contribution in [1.82, 2.24) is 15.1 Å². The number of aromatic nitrogens is 3. The van der Waals surface area contributed by atoms with Crippen LogP contribution in [-0.4, -0.2) is 35.4 Å². The first-order valence-corrected chi connectivity index (χ1v) is 7.62. The van der Waals surface area contributed by atoms with Gasteiger partial charge < -0.3 is 19.9 Å². The van der Waals surface area contributed by atoms with Crippen LogP contribution in [0.3, 0.4) is 0 Å². The van der Waals surface area contributed by atoms with E-state index in [0.29, 0.717) is 36.4 Å². The molecule has 7 nitrogen and oxygen atoms in total. The molecule has 2 heterocycles. The van der Waals surface area contributed by atoms with Crippen molar-refractivity contribution in [3.05, 3.63) is 48.2 Å². The van der Waals surface area contributed by atoms with E-state index in [-0.39, 0.29) is 0 Å². The third-order valence-corrected chi connectivity index (χ3v) is 3.25. The SMILES string of the molecule is COCCNc1cc(Nc2cc(C)on2)nc(-c2ccccc2)n1. The molecular formula is C17H19N5O2. The van der Waals surface area contributed by atoms with Crippen LogP contribution in [0.25, 0.3) is 11.4 Å². The molecule has 0 saturated carbocycles. The van der Waals surface area contributed by atoms with Gasteiger partial charge in [0.1, 0.15) is 17.4 Å². The summed E-state index contributed by atoms with van der Waals surface area (Å²) < 4.78 is 10.1. The number of aryl methyl sites for hydroxylation is 1. The fraction of sp³-hybridized carbons (Fsp3) is 0.235. The van der Waals surface area contributed by atoms with Crippen molar-refractivity contribution in [2.75, 3.05) is 30.9 Å². The van der Waals surface area contributed by atoms with E-state index in [4.69, 9.17) is 9.26 Å². The van der Waals surface area contributed by atoms with Crippen molar-refractivity contribution < 1.29 is 9.26 Å². The van der Waals surface area contributed by atoms with E-state index in [1.54, 1.807) is 7.11 Å². The molecule has 0 unspecified atom stereocenters. The molecule has 0 aliphatic carbocycles. The maximum atomic E-state index is 5.07. The van der Waals surface area contributed by atoms with Gasteiger partial charge in [-0.25, -0.2) is 9.97 Å². The number of hydrogen-bond donors (Lipinski definition) is 2. The molecule has 24 heavy (non-hydrogen) atoms. The maximum absolute atomic E-state index is 5.07. The molecule has 0 saturated heterocycles. The number of ether oxygens (including phenoxy) is 1. The Hall–Kier alpha value is -2.93. The van der Waals surface area contributed by atoms with Crippen LogP contribution >= 0.6 is 0 Å². The lowest BCUT2D eigenvalue weighted by Gasteiger charge is -2.10. The summed E-state index contributed by atoms with van der Waals surface area (Å²) in [6.07, 6.45) is 0. The summed E-state index contributed by atoms with van der Waals surface area (Å²) in [5.74, 6) is 3.31. The molecule has 0 aliphatic heterocycles. The van der Waals surface area contributed by atoms with Gasteiger partial charge in [-0.05, 0) is 6.92 Å². The van der Waals surface area contributed by atoms with E-state index in [0.717, 1.165) is 11.3 Å². The number of methoxy groups -OCH3 is 1. The van der Waals surface area contributed by atoms with Gasteiger partial charge >= 0.3 is 0 Å². The Morgan fingerprint density at radius 1 is 1.04 bits per heavy atom. The lowest BCUT2D eigenvalue weighted by Crippen LogP contribution is -2.10. The number of nitrogens with one attached hydrogen (secondary N) is 2. The highest BCUT2D eigenvalue weighted by atomic mass is 16.5. The fourth-order valence-corrected chi connectivity index (χ4v) is 2.16. The van der Waals surface area contributed by atoms with Crippen molar-refractivity contribution in [2.24, 2.45) is 0 Å². The summed E-state index contributed by atoms with van der Waals surface area (Å²) in [7, 11) is 1.66. The van der Waals surface area contributed by atoms with Crippen LogP contribution in [-0.2, 0) is 4.74 Å². The molecule has 0 radical (unpaired) electrons. The molecule has 2 aromatic heterocycles. The average molecular weight is 325 g/mol. The van der Waals surface area contributed by atoms with Gasteiger partial charge in [-0.15, -0.1) is 0 Å². The fourth-order valence-electron chi connectivity index (χ4n) is 2.16. The van der Waals surface area contributed by atoms with Crippen LogP contribution in [0.15, 0.2) is 47.0 Å². The Morgan fingerprint density at radius 3 is 2.54 bits per heavy atom. The van der Waals surface area contributed by atoms with Crippen LogP contribution in [0, 0.1) is 6.92 Å². The molecule has 0 atom stereocenters. The third-order valence-electron chi connectivity index (χ3n) is 3.25. The predicted octanol–water partition coefficient (Wildman–Crippen LogP) is 3.24. The number of hydrogen-bond acceptors (Lipinski definition) is 7. The molecule has 0 fully saturated rings. The second kappa shape index (κ2) is 7.56. The van der Waals surface area contributed by atoms with E-state index in [9.17, 15) is 0 Å². The van der Waals surface area contributed by atoms with Gasteiger partial charge in [-0.2, -0.15) is 0 Å².